The minimum Gasteiger partial charge on any atom is -0.355 e. The van der Waals surface area contributed by atoms with Gasteiger partial charge in [0.15, 0.2) is 0 Å². The standard InChI is InChI=1S/C21H25OP/c1-3-9-17(10-4-1)20-15-16-21(18-11-5-2-6-12-18)23(20)22-19-13-7-8-14-19/h1-6,9-12,19-21H,7-8,13-16H2/t20-,21-/m0/s1. The van der Waals surface area contributed by atoms with Gasteiger partial charge in [-0.15, -0.1) is 0 Å². The van der Waals surface area contributed by atoms with Crippen LogP contribution in [0.1, 0.15) is 61.0 Å². The summed E-state index contributed by atoms with van der Waals surface area (Å²) in [4.78, 5) is 0. The van der Waals surface area contributed by atoms with Crippen molar-refractivity contribution < 1.29 is 4.52 Å². The van der Waals surface area contributed by atoms with Gasteiger partial charge in [-0.25, -0.2) is 0 Å². The van der Waals surface area contributed by atoms with E-state index in [4.69, 9.17) is 4.52 Å². The molecule has 1 aliphatic carbocycles. The Morgan fingerprint density at radius 1 is 0.652 bits per heavy atom. The second kappa shape index (κ2) is 7.16. The number of hydrogen-bond donors (Lipinski definition) is 0. The fourth-order valence-corrected chi connectivity index (χ4v) is 7.10. The van der Waals surface area contributed by atoms with E-state index in [1.165, 1.54) is 49.7 Å². The van der Waals surface area contributed by atoms with Gasteiger partial charge in [-0.3, -0.25) is 0 Å². The lowest BCUT2D eigenvalue weighted by atomic mass is 10.0. The first kappa shape index (κ1) is 15.4. The zero-order valence-electron chi connectivity index (χ0n) is 13.6. The van der Waals surface area contributed by atoms with Gasteiger partial charge in [0.1, 0.15) is 0 Å². The van der Waals surface area contributed by atoms with E-state index in [1.54, 1.807) is 0 Å². The second-order valence-corrected chi connectivity index (χ2v) is 8.98. The van der Waals surface area contributed by atoms with Crippen molar-refractivity contribution >= 4 is 8.15 Å². The lowest BCUT2D eigenvalue weighted by Crippen LogP contribution is -2.07. The maximum absolute atomic E-state index is 6.77. The van der Waals surface area contributed by atoms with Crippen LogP contribution < -0.4 is 0 Å². The Bertz CT molecular complexity index is 559. The molecule has 2 aromatic carbocycles. The van der Waals surface area contributed by atoms with E-state index >= 15 is 0 Å². The molecule has 1 heterocycles. The Morgan fingerprint density at radius 2 is 1.13 bits per heavy atom. The van der Waals surface area contributed by atoms with Crippen LogP contribution in [0.2, 0.25) is 0 Å². The molecule has 1 nitrogen and oxygen atoms in total. The lowest BCUT2D eigenvalue weighted by Gasteiger charge is -2.29. The van der Waals surface area contributed by atoms with Crippen LogP contribution in [0.3, 0.4) is 0 Å². The largest absolute Gasteiger partial charge is 0.355 e. The summed E-state index contributed by atoms with van der Waals surface area (Å²) < 4.78 is 6.77. The molecule has 2 heteroatoms. The Labute approximate surface area is 140 Å². The van der Waals surface area contributed by atoms with Crippen molar-refractivity contribution in [3.63, 3.8) is 0 Å². The van der Waals surface area contributed by atoms with Crippen molar-refractivity contribution in [3.05, 3.63) is 71.8 Å². The number of benzene rings is 2. The zero-order valence-corrected chi connectivity index (χ0v) is 14.5. The molecule has 0 amide bonds. The third-order valence-electron chi connectivity index (χ3n) is 5.27. The lowest BCUT2D eigenvalue weighted by molar-refractivity contribution is 0.231. The van der Waals surface area contributed by atoms with Crippen LogP contribution in [-0.2, 0) is 4.52 Å². The van der Waals surface area contributed by atoms with E-state index in [0.717, 1.165) is 0 Å². The summed E-state index contributed by atoms with van der Waals surface area (Å²) in [5.74, 6) is 0. The predicted molar refractivity (Wildman–Crippen MR) is 97.9 cm³/mol. The Kier molecular flexibility index (Phi) is 4.78. The highest BCUT2D eigenvalue weighted by molar-refractivity contribution is 7.53. The normalized spacial score (nSPS) is 25.9. The topological polar surface area (TPSA) is 9.23 Å². The summed E-state index contributed by atoms with van der Waals surface area (Å²) in [7, 11) is -0.436. The number of hydrogen-bond acceptors (Lipinski definition) is 1. The van der Waals surface area contributed by atoms with Gasteiger partial charge in [0.05, 0.1) is 6.10 Å². The molecule has 0 N–H and O–H groups in total. The van der Waals surface area contributed by atoms with E-state index in [1.807, 2.05) is 0 Å². The van der Waals surface area contributed by atoms with Crippen LogP contribution >= 0.6 is 8.15 Å². The molecule has 23 heavy (non-hydrogen) atoms. The molecule has 1 saturated heterocycles. The Balaban J connectivity index is 1.61. The summed E-state index contributed by atoms with van der Waals surface area (Å²) >= 11 is 0. The summed E-state index contributed by atoms with van der Waals surface area (Å²) in [5.41, 5.74) is 4.18. The maximum Gasteiger partial charge on any atom is 0.0618 e. The molecule has 4 rings (SSSR count). The maximum atomic E-state index is 6.77. The molecule has 0 spiro atoms. The van der Waals surface area contributed by atoms with Gasteiger partial charge in [0.25, 0.3) is 0 Å². The van der Waals surface area contributed by atoms with Gasteiger partial charge >= 0.3 is 0 Å². The molecule has 2 aromatic rings. The van der Waals surface area contributed by atoms with Crippen LogP contribution in [-0.4, -0.2) is 6.10 Å². The third-order valence-corrected chi connectivity index (χ3v) is 8.15. The highest BCUT2D eigenvalue weighted by Crippen LogP contribution is 2.71. The van der Waals surface area contributed by atoms with Gasteiger partial charge in [-0.1, -0.05) is 73.5 Å². The van der Waals surface area contributed by atoms with Crippen molar-refractivity contribution in [1.29, 1.82) is 0 Å². The molecule has 0 radical (unpaired) electrons. The zero-order chi connectivity index (χ0) is 15.5. The first-order valence-corrected chi connectivity index (χ1v) is 10.4. The molecule has 0 unspecified atom stereocenters. The SMILES string of the molecule is c1ccc([C@@H]2CC[C@@H](c3ccccc3)P2OC2CCCC2)cc1. The molecule has 2 fully saturated rings. The fraction of sp³-hybridized carbons (Fsp3) is 0.429. The second-order valence-electron chi connectivity index (χ2n) is 6.80. The van der Waals surface area contributed by atoms with Crippen LogP contribution in [0.15, 0.2) is 60.7 Å². The molecule has 2 aliphatic rings. The van der Waals surface area contributed by atoms with E-state index in [9.17, 15) is 0 Å². The van der Waals surface area contributed by atoms with Gasteiger partial charge in [0, 0.05) is 19.5 Å². The van der Waals surface area contributed by atoms with Gasteiger partial charge in [-0.05, 0) is 36.8 Å². The molecular weight excluding hydrogens is 299 g/mol. The molecule has 0 bridgehead atoms. The molecule has 120 valence electrons. The molecular formula is C21H25OP. The van der Waals surface area contributed by atoms with E-state index < -0.39 is 8.15 Å². The average molecular weight is 324 g/mol. The van der Waals surface area contributed by atoms with Crippen molar-refractivity contribution in [2.75, 3.05) is 0 Å². The van der Waals surface area contributed by atoms with E-state index in [0.29, 0.717) is 17.4 Å². The minimum absolute atomic E-state index is 0.436. The van der Waals surface area contributed by atoms with Gasteiger partial charge < -0.3 is 4.52 Å². The third kappa shape index (κ3) is 3.37. The average Bonchev–Trinajstić information content (AvgIpc) is 3.27. The molecule has 1 saturated carbocycles. The minimum atomic E-state index is -0.436. The number of rotatable bonds is 4. The monoisotopic (exact) mass is 324 g/mol. The molecule has 2 atom stereocenters. The van der Waals surface area contributed by atoms with Crippen molar-refractivity contribution in [2.24, 2.45) is 0 Å². The summed E-state index contributed by atoms with van der Waals surface area (Å²) in [5, 5.41) is 0. The predicted octanol–water partition coefficient (Wildman–Crippen LogP) is 6.62. The highest BCUT2D eigenvalue weighted by atomic mass is 31.1. The van der Waals surface area contributed by atoms with Crippen LogP contribution in [0.5, 0.6) is 0 Å². The van der Waals surface area contributed by atoms with E-state index in [2.05, 4.69) is 60.7 Å². The molecule has 0 aromatic heterocycles. The quantitative estimate of drug-likeness (QED) is 0.574. The van der Waals surface area contributed by atoms with Gasteiger partial charge in [0.2, 0.25) is 0 Å². The summed E-state index contributed by atoms with van der Waals surface area (Å²) in [6.45, 7) is 0. The van der Waals surface area contributed by atoms with Gasteiger partial charge in [-0.2, -0.15) is 0 Å². The smallest absolute Gasteiger partial charge is 0.0618 e. The first-order chi connectivity index (χ1) is 11.4. The van der Waals surface area contributed by atoms with Crippen LogP contribution in [0, 0.1) is 0 Å². The van der Waals surface area contributed by atoms with Crippen molar-refractivity contribution in [3.8, 4) is 0 Å². The first-order valence-electron chi connectivity index (χ1n) is 8.97. The fourth-order valence-electron chi connectivity index (χ4n) is 4.08. The summed E-state index contributed by atoms with van der Waals surface area (Å²) in [6.07, 6.45) is 8.27. The van der Waals surface area contributed by atoms with Crippen molar-refractivity contribution in [1.82, 2.24) is 0 Å². The van der Waals surface area contributed by atoms with Crippen molar-refractivity contribution in [2.45, 2.75) is 55.9 Å². The van der Waals surface area contributed by atoms with Crippen LogP contribution in [0.4, 0.5) is 0 Å². The van der Waals surface area contributed by atoms with Crippen LogP contribution in [0.25, 0.3) is 0 Å². The van der Waals surface area contributed by atoms with E-state index in [-0.39, 0.29) is 0 Å². The Morgan fingerprint density at radius 3 is 1.61 bits per heavy atom. The Hall–Kier alpha value is -1.17. The molecule has 1 aliphatic heterocycles. The highest BCUT2D eigenvalue weighted by Gasteiger charge is 2.40. The summed E-state index contributed by atoms with van der Waals surface area (Å²) in [6, 6.07) is 22.1.